The van der Waals surface area contributed by atoms with Gasteiger partial charge in [-0.05, 0) is 190 Å². The first-order valence-electron chi connectivity index (χ1n) is 20.8. The van der Waals surface area contributed by atoms with Gasteiger partial charge in [-0.25, -0.2) is 4.79 Å². The molecule has 54 heavy (non-hydrogen) atoms. The number of carbonyl (C=O) groups is 1. The summed E-state index contributed by atoms with van der Waals surface area (Å²) in [4.78, 5) is 16.0. The first-order valence-corrected chi connectivity index (χ1v) is 20.8. The molecule has 0 N–H and O–H groups in total. The topological polar surface area (TPSA) is 39.2 Å². The lowest BCUT2D eigenvalue weighted by atomic mass is 10.0. The van der Waals surface area contributed by atoms with Crippen LogP contribution in [0.25, 0.3) is 0 Å². The maximum Gasteiger partial charge on any atom is 0.340 e. The molecule has 0 bridgehead atoms. The van der Waals surface area contributed by atoms with Crippen molar-refractivity contribution in [3.63, 3.8) is 0 Å². The van der Waals surface area contributed by atoms with Crippen molar-refractivity contribution in [2.75, 3.05) is 6.61 Å². The molecule has 298 valence electrons. The first kappa shape index (κ1) is 48.3. The molecule has 1 heterocycles. The molecular formula is C51H77NO2. The van der Waals surface area contributed by atoms with Crippen LogP contribution < -0.4 is 0 Å². The van der Waals surface area contributed by atoms with E-state index in [1.165, 1.54) is 75.6 Å². The van der Waals surface area contributed by atoms with Crippen LogP contribution in [0, 0.1) is 0 Å². The summed E-state index contributed by atoms with van der Waals surface area (Å²) in [7, 11) is 0. The van der Waals surface area contributed by atoms with Crippen molar-refractivity contribution in [1.29, 1.82) is 0 Å². The fourth-order valence-electron chi connectivity index (χ4n) is 6.06. The zero-order valence-corrected chi connectivity index (χ0v) is 36.3. The van der Waals surface area contributed by atoms with Crippen molar-refractivity contribution in [2.45, 2.75) is 172 Å². The van der Waals surface area contributed by atoms with Crippen LogP contribution >= 0.6 is 0 Å². The molecule has 0 aromatic carbocycles. The molecule has 3 nitrogen and oxygen atoms in total. The Hall–Kier alpha value is -3.72. The van der Waals surface area contributed by atoms with Gasteiger partial charge >= 0.3 is 5.97 Å². The molecule has 3 heteroatoms. The van der Waals surface area contributed by atoms with Gasteiger partial charge in [0.2, 0.25) is 0 Å². The molecule has 0 amide bonds. The molecule has 0 saturated heterocycles. The maximum absolute atomic E-state index is 12.0. The average molecular weight is 736 g/mol. The molecule has 1 aromatic heterocycles. The summed E-state index contributed by atoms with van der Waals surface area (Å²) in [6.07, 6.45) is 42.6. The van der Waals surface area contributed by atoms with Gasteiger partial charge in [-0.3, -0.25) is 4.98 Å². The number of pyridine rings is 1. The highest BCUT2D eigenvalue weighted by atomic mass is 16.5. The van der Waals surface area contributed by atoms with E-state index in [1.807, 2.05) is 6.08 Å². The molecule has 1 rings (SSSR count). The van der Waals surface area contributed by atoms with E-state index in [0.717, 1.165) is 83.5 Å². The number of aromatic nitrogens is 1. The van der Waals surface area contributed by atoms with E-state index in [-0.39, 0.29) is 5.97 Å². The van der Waals surface area contributed by atoms with E-state index in [9.17, 15) is 4.79 Å². The van der Waals surface area contributed by atoms with Gasteiger partial charge in [0.25, 0.3) is 0 Å². The molecule has 0 spiro atoms. The van der Waals surface area contributed by atoms with Crippen LogP contribution in [0.4, 0.5) is 0 Å². The van der Waals surface area contributed by atoms with Crippen LogP contribution in [0.1, 0.15) is 182 Å². The molecule has 0 atom stereocenters. The number of esters is 1. The third kappa shape index (κ3) is 27.8. The number of ether oxygens (including phenoxy) is 1. The van der Waals surface area contributed by atoms with Crippen molar-refractivity contribution in [2.24, 2.45) is 0 Å². The van der Waals surface area contributed by atoms with Crippen LogP contribution in [-0.2, 0) is 4.74 Å². The van der Waals surface area contributed by atoms with Crippen LogP contribution in [0.5, 0.6) is 0 Å². The molecule has 0 unspecified atom stereocenters. The largest absolute Gasteiger partial charge is 0.458 e. The second-order valence-electron chi connectivity index (χ2n) is 15.8. The zero-order chi connectivity index (χ0) is 40.0. The number of carbonyl (C=O) groups excluding carboxylic acids is 1. The minimum absolute atomic E-state index is 0.297. The van der Waals surface area contributed by atoms with E-state index >= 15 is 0 Å². The van der Waals surface area contributed by atoms with Gasteiger partial charge in [0.05, 0.1) is 5.56 Å². The van der Waals surface area contributed by atoms with Crippen molar-refractivity contribution < 1.29 is 9.53 Å². The van der Waals surface area contributed by atoms with Crippen LogP contribution in [0.2, 0.25) is 0 Å². The first-order chi connectivity index (χ1) is 25.8. The maximum atomic E-state index is 12.0. The van der Waals surface area contributed by atoms with Gasteiger partial charge < -0.3 is 4.74 Å². The van der Waals surface area contributed by atoms with Gasteiger partial charge in [0.1, 0.15) is 6.61 Å². The number of hydrogen-bond acceptors (Lipinski definition) is 3. The zero-order valence-electron chi connectivity index (χ0n) is 36.3. The molecule has 1 aromatic rings. The van der Waals surface area contributed by atoms with Crippen LogP contribution in [0.3, 0.4) is 0 Å². The van der Waals surface area contributed by atoms with Crippen molar-refractivity contribution >= 4 is 5.97 Å². The Bertz CT molecular complexity index is 1500. The number of nitrogens with zero attached hydrogens (tertiary/aromatic N) is 1. The van der Waals surface area contributed by atoms with Gasteiger partial charge in [-0.2, -0.15) is 0 Å². The predicted molar refractivity (Wildman–Crippen MR) is 238 cm³/mol. The quantitative estimate of drug-likeness (QED) is 0.0667. The lowest BCUT2D eigenvalue weighted by Gasteiger charge is -2.04. The summed E-state index contributed by atoms with van der Waals surface area (Å²) in [5.74, 6) is -0.332. The lowest BCUT2D eigenvalue weighted by molar-refractivity contribution is 0.0548. The Morgan fingerprint density at radius 1 is 0.463 bits per heavy atom. The molecule has 0 aliphatic heterocycles. The Balaban J connectivity index is 2.22. The Kier molecular flexibility index (Phi) is 27.4. The summed E-state index contributed by atoms with van der Waals surface area (Å²) in [6, 6.07) is 3.46. The summed E-state index contributed by atoms with van der Waals surface area (Å²) >= 11 is 0. The second-order valence-corrected chi connectivity index (χ2v) is 15.8. The lowest BCUT2D eigenvalue weighted by Crippen LogP contribution is -2.05. The van der Waals surface area contributed by atoms with Gasteiger partial charge in [-0.15, -0.1) is 0 Å². The molecule has 0 saturated carbocycles. The van der Waals surface area contributed by atoms with E-state index in [1.54, 1.807) is 18.3 Å². The molecule has 0 fully saturated rings. The fraction of sp³-hybridized carbons (Fsp3) is 0.529. The number of hydrogen-bond donors (Lipinski definition) is 0. The third-order valence-electron chi connectivity index (χ3n) is 9.86. The minimum Gasteiger partial charge on any atom is -0.458 e. The molecule has 0 aliphatic carbocycles. The van der Waals surface area contributed by atoms with E-state index in [4.69, 9.17) is 4.74 Å². The van der Waals surface area contributed by atoms with Crippen molar-refractivity contribution in [3.05, 3.63) is 135 Å². The normalized spacial score (nSPS) is 14.1. The predicted octanol–water partition coefficient (Wildman–Crippen LogP) is 16.0. The second kappa shape index (κ2) is 30.6. The standard InChI is InChI=1S/C51H77NO2/c1-41(2)20-11-21-42(3)22-12-23-43(4)24-13-25-44(5)26-14-27-45(6)28-15-29-46(7)30-16-31-47(8)32-17-33-48(9)34-18-35-49(10)37-39-54-51(53)50-36-19-38-52-40-50/h19-20,22,24,26,28,30,32,34,36-38,40H,11-18,21,23,25,27,29,31,33,35,39H2,1-10H3/b42-22+,43-24+,44-26+,45-28+,46-30+,47-32+,48-34+,49-37+. The average Bonchev–Trinajstić information content (AvgIpc) is 3.11. The molecule has 0 radical (unpaired) electrons. The summed E-state index contributed by atoms with van der Waals surface area (Å²) in [5, 5.41) is 0. The Morgan fingerprint density at radius 3 is 1.04 bits per heavy atom. The number of allylic oxidation sites excluding steroid dienone is 17. The fourth-order valence-corrected chi connectivity index (χ4v) is 6.06. The monoisotopic (exact) mass is 736 g/mol. The Morgan fingerprint density at radius 2 is 0.759 bits per heavy atom. The van der Waals surface area contributed by atoms with E-state index < -0.39 is 0 Å². The van der Waals surface area contributed by atoms with Crippen LogP contribution in [0.15, 0.2) is 129 Å². The molecular weight excluding hydrogens is 659 g/mol. The van der Waals surface area contributed by atoms with Gasteiger partial charge in [0, 0.05) is 12.4 Å². The van der Waals surface area contributed by atoms with Gasteiger partial charge in [0.15, 0.2) is 0 Å². The SMILES string of the molecule is CC(C)=CCC/C(C)=C/CC/C(C)=C/CC/C(C)=C/CC/C(C)=C/CC/C(C)=C/CC/C(C)=C/CC/C(C)=C/CC/C(C)=C/COC(=O)c1cccnc1. The minimum atomic E-state index is -0.332. The van der Waals surface area contributed by atoms with Crippen LogP contribution in [-0.4, -0.2) is 17.6 Å². The van der Waals surface area contributed by atoms with Gasteiger partial charge in [-0.1, -0.05) is 98.8 Å². The smallest absolute Gasteiger partial charge is 0.340 e. The van der Waals surface area contributed by atoms with E-state index in [2.05, 4.69) is 123 Å². The highest BCUT2D eigenvalue weighted by Gasteiger charge is 2.05. The van der Waals surface area contributed by atoms with Crippen molar-refractivity contribution in [3.8, 4) is 0 Å². The summed E-state index contributed by atoms with van der Waals surface area (Å²) in [5.41, 5.74) is 13.6. The van der Waals surface area contributed by atoms with Crippen molar-refractivity contribution in [1.82, 2.24) is 4.98 Å². The third-order valence-corrected chi connectivity index (χ3v) is 9.86. The summed E-state index contributed by atoms with van der Waals surface area (Å²) in [6.45, 7) is 22.7. The van der Waals surface area contributed by atoms with E-state index in [0.29, 0.717) is 12.2 Å². The summed E-state index contributed by atoms with van der Waals surface area (Å²) < 4.78 is 5.33. The highest BCUT2D eigenvalue weighted by Crippen LogP contribution is 2.18. The number of rotatable bonds is 27. The molecule has 0 aliphatic rings. The highest BCUT2D eigenvalue weighted by molar-refractivity contribution is 5.88. The Labute approximate surface area is 333 Å².